The number of carbonyl (C=O) groups is 1. The van der Waals surface area contributed by atoms with Gasteiger partial charge in [-0.05, 0) is 28.2 Å². The van der Waals surface area contributed by atoms with Gasteiger partial charge in [-0.15, -0.1) is 0 Å². The molecular formula is C20H16O. The van der Waals surface area contributed by atoms with Crippen LogP contribution >= 0.6 is 0 Å². The molecule has 0 radical (unpaired) electrons. The monoisotopic (exact) mass is 272 g/mol. The first-order chi connectivity index (χ1) is 10.3. The van der Waals surface area contributed by atoms with Crippen LogP contribution < -0.4 is 0 Å². The molecule has 0 N–H and O–H groups in total. The lowest BCUT2D eigenvalue weighted by Gasteiger charge is -2.30. The Bertz CT molecular complexity index is 696. The van der Waals surface area contributed by atoms with Crippen molar-refractivity contribution in [1.82, 2.24) is 0 Å². The van der Waals surface area contributed by atoms with Crippen LogP contribution in [0.3, 0.4) is 0 Å². The molecule has 2 atom stereocenters. The number of allylic oxidation sites excluding steroid dienone is 3. The van der Waals surface area contributed by atoms with Gasteiger partial charge in [-0.1, -0.05) is 72.8 Å². The Labute approximate surface area is 124 Å². The van der Waals surface area contributed by atoms with Crippen molar-refractivity contribution < 1.29 is 4.79 Å². The van der Waals surface area contributed by atoms with E-state index in [9.17, 15) is 4.79 Å². The Kier molecular flexibility index (Phi) is 2.85. The molecule has 0 bridgehead atoms. The number of hydrogen-bond donors (Lipinski definition) is 0. The summed E-state index contributed by atoms with van der Waals surface area (Å²) in [7, 11) is 0. The highest BCUT2D eigenvalue weighted by Gasteiger charge is 2.44. The summed E-state index contributed by atoms with van der Waals surface area (Å²) in [4.78, 5) is 12.0. The van der Waals surface area contributed by atoms with Gasteiger partial charge >= 0.3 is 0 Å². The van der Waals surface area contributed by atoms with Crippen molar-refractivity contribution in [3.63, 3.8) is 0 Å². The highest BCUT2D eigenvalue weighted by molar-refractivity contribution is 5.97. The van der Waals surface area contributed by atoms with Gasteiger partial charge < -0.3 is 0 Å². The molecule has 0 amide bonds. The minimum absolute atomic E-state index is 0.0837. The molecule has 0 spiro atoms. The van der Waals surface area contributed by atoms with Crippen LogP contribution in [-0.2, 0) is 4.79 Å². The minimum atomic E-state index is 0.0837. The fraction of sp³-hybridized carbons (Fsp3) is 0.150. The van der Waals surface area contributed by atoms with Crippen molar-refractivity contribution in [2.75, 3.05) is 0 Å². The third-order valence-electron chi connectivity index (χ3n) is 4.48. The lowest BCUT2D eigenvalue weighted by Crippen LogP contribution is -2.34. The molecule has 0 aliphatic heterocycles. The molecule has 2 aromatic carbocycles. The summed E-state index contributed by atoms with van der Waals surface area (Å²) in [5.74, 6) is 0.889. The second-order valence-corrected chi connectivity index (χ2v) is 5.73. The Morgan fingerprint density at radius 3 is 1.95 bits per heavy atom. The van der Waals surface area contributed by atoms with E-state index in [1.165, 1.54) is 22.3 Å². The van der Waals surface area contributed by atoms with Gasteiger partial charge in [-0.3, -0.25) is 4.79 Å². The molecule has 1 heteroatoms. The van der Waals surface area contributed by atoms with Crippen molar-refractivity contribution in [1.29, 1.82) is 0 Å². The molecule has 0 saturated heterocycles. The molecule has 1 saturated carbocycles. The zero-order valence-corrected chi connectivity index (χ0v) is 11.7. The average molecular weight is 272 g/mol. The number of carbonyl (C=O) groups excluding carboxylic acids is 1. The van der Waals surface area contributed by atoms with Gasteiger partial charge in [-0.2, -0.15) is 0 Å². The summed E-state index contributed by atoms with van der Waals surface area (Å²) in [6.07, 6.45) is 5.07. The van der Waals surface area contributed by atoms with Gasteiger partial charge in [0.25, 0.3) is 0 Å². The Morgan fingerprint density at radius 2 is 1.43 bits per heavy atom. The molecule has 0 heterocycles. The maximum Gasteiger partial charge on any atom is 0.141 e. The van der Waals surface area contributed by atoms with E-state index in [4.69, 9.17) is 0 Å². The summed E-state index contributed by atoms with van der Waals surface area (Å²) in [6, 6.07) is 20.8. The minimum Gasteiger partial charge on any atom is -0.299 e. The first kappa shape index (κ1) is 12.3. The maximum atomic E-state index is 12.0. The second kappa shape index (κ2) is 4.85. The molecule has 2 aliphatic rings. The van der Waals surface area contributed by atoms with E-state index >= 15 is 0 Å². The highest BCUT2D eigenvalue weighted by Crippen LogP contribution is 2.46. The summed E-state index contributed by atoms with van der Waals surface area (Å²) in [6.45, 7) is 0. The van der Waals surface area contributed by atoms with Crippen molar-refractivity contribution in [3.8, 4) is 0 Å². The van der Waals surface area contributed by atoms with Gasteiger partial charge in [0, 0.05) is 12.3 Å². The Balaban J connectivity index is 1.93. The molecule has 21 heavy (non-hydrogen) atoms. The van der Waals surface area contributed by atoms with E-state index in [1.807, 2.05) is 12.1 Å². The van der Waals surface area contributed by atoms with Crippen LogP contribution in [0.25, 0.3) is 5.57 Å². The predicted octanol–water partition coefficient (Wildman–Crippen LogP) is 4.26. The van der Waals surface area contributed by atoms with Crippen LogP contribution in [0.15, 0.2) is 78.4 Å². The molecular weight excluding hydrogens is 256 g/mol. The normalized spacial score (nSPS) is 22.9. The van der Waals surface area contributed by atoms with Crippen molar-refractivity contribution in [2.45, 2.75) is 6.42 Å². The van der Waals surface area contributed by atoms with Gasteiger partial charge in [0.2, 0.25) is 0 Å². The third kappa shape index (κ3) is 1.97. The van der Waals surface area contributed by atoms with Crippen LogP contribution in [0, 0.1) is 11.8 Å². The van der Waals surface area contributed by atoms with E-state index in [2.05, 4.69) is 60.7 Å². The van der Waals surface area contributed by atoms with Gasteiger partial charge in [-0.25, -0.2) is 0 Å². The predicted molar refractivity (Wildman–Crippen MR) is 84.7 cm³/mol. The van der Waals surface area contributed by atoms with Gasteiger partial charge in [0.05, 0.1) is 0 Å². The SMILES string of the molecule is O=C1CC2C=CC(=C(c3ccccc3)c3ccccc3)C12. The molecule has 0 aromatic heterocycles. The first-order valence-corrected chi connectivity index (χ1v) is 7.40. The molecule has 102 valence electrons. The fourth-order valence-corrected chi connectivity index (χ4v) is 3.42. The quantitative estimate of drug-likeness (QED) is 0.798. The average Bonchev–Trinajstić information content (AvgIpc) is 2.86. The number of Topliss-reactive ketones (excluding diaryl/α,β-unsaturated/α-hetero) is 1. The van der Waals surface area contributed by atoms with E-state index < -0.39 is 0 Å². The summed E-state index contributed by atoms with van der Waals surface area (Å²) < 4.78 is 0. The summed E-state index contributed by atoms with van der Waals surface area (Å²) in [5.41, 5.74) is 4.76. The third-order valence-corrected chi connectivity index (χ3v) is 4.48. The topological polar surface area (TPSA) is 17.1 Å². The molecule has 4 rings (SSSR count). The standard InChI is InChI=1S/C20H16O/c21-18-13-16-11-12-17(20(16)18)19(14-7-3-1-4-8-14)15-9-5-2-6-10-15/h1-12,16,20H,13H2. The zero-order chi connectivity index (χ0) is 14.2. The van der Waals surface area contributed by atoms with Crippen molar-refractivity contribution in [3.05, 3.63) is 89.5 Å². The van der Waals surface area contributed by atoms with Crippen LogP contribution in [0.5, 0.6) is 0 Å². The lowest BCUT2D eigenvalue weighted by molar-refractivity contribution is -0.129. The van der Waals surface area contributed by atoms with Gasteiger partial charge in [0.1, 0.15) is 5.78 Å². The van der Waals surface area contributed by atoms with Crippen molar-refractivity contribution >= 4 is 11.4 Å². The van der Waals surface area contributed by atoms with Crippen LogP contribution in [0.4, 0.5) is 0 Å². The van der Waals surface area contributed by atoms with E-state index in [-0.39, 0.29) is 5.92 Å². The summed E-state index contributed by atoms with van der Waals surface area (Å²) >= 11 is 0. The highest BCUT2D eigenvalue weighted by atomic mass is 16.1. The second-order valence-electron chi connectivity index (χ2n) is 5.73. The number of ketones is 1. The fourth-order valence-electron chi connectivity index (χ4n) is 3.42. The number of fused-ring (bicyclic) bond motifs is 1. The van der Waals surface area contributed by atoms with Crippen molar-refractivity contribution in [2.24, 2.45) is 11.8 Å². The molecule has 2 aromatic rings. The smallest absolute Gasteiger partial charge is 0.141 e. The van der Waals surface area contributed by atoms with E-state index in [0.717, 1.165) is 0 Å². The van der Waals surface area contributed by atoms with Gasteiger partial charge in [0.15, 0.2) is 0 Å². The van der Waals surface area contributed by atoms with E-state index in [1.54, 1.807) is 0 Å². The maximum absolute atomic E-state index is 12.0. The molecule has 2 aliphatic carbocycles. The number of rotatable bonds is 2. The summed E-state index contributed by atoms with van der Waals surface area (Å²) in [5, 5.41) is 0. The molecule has 2 unspecified atom stereocenters. The lowest BCUT2D eigenvalue weighted by atomic mass is 9.71. The number of benzene rings is 2. The zero-order valence-electron chi connectivity index (χ0n) is 11.7. The Hall–Kier alpha value is -2.41. The molecule has 1 fully saturated rings. The molecule has 1 nitrogen and oxygen atoms in total. The van der Waals surface area contributed by atoms with Crippen LogP contribution in [0.2, 0.25) is 0 Å². The largest absolute Gasteiger partial charge is 0.299 e. The van der Waals surface area contributed by atoms with Crippen LogP contribution in [0.1, 0.15) is 17.5 Å². The number of hydrogen-bond acceptors (Lipinski definition) is 1. The first-order valence-electron chi connectivity index (χ1n) is 7.40. The Morgan fingerprint density at radius 1 is 0.857 bits per heavy atom. The van der Waals surface area contributed by atoms with E-state index in [0.29, 0.717) is 18.1 Å². The van der Waals surface area contributed by atoms with Crippen LogP contribution in [-0.4, -0.2) is 5.78 Å².